The lowest BCUT2D eigenvalue weighted by atomic mass is 10.1. The molecule has 92 valence electrons. The van der Waals surface area contributed by atoms with Gasteiger partial charge in [0.1, 0.15) is 5.82 Å². The minimum Gasteiger partial charge on any atom is -0.396 e. The molecule has 0 aliphatic heterocycles. The lowest BCUT2D eigenvalue weighted by Crippen LogP contribution is -2.35. The highest BCUT2D eigenvalue weighted by molar-refractivity contribution is 5.97. The van der Waals surface area contributed by atoms with Gasteiger partial charge in [0, 0.05) is 7.05 Å². The SMILES string of the molecule is CNC(=O)CNC(=O)c1cc(F)cc(N)c1F. The largest absolute Gasteiger partial charge is 0.396 e. The molecule has 5 nitrogen and oxygen atoms in total. The molecule has 0 atom stereocenters. The summed E-state index contributed by atoms with van der Waals surface area (Å²) >= 11 is 0. The number of carbonyl (C=O) groups is 2. The summed E-state index contributed by atoms with van der Waals surface area (Å²) in [6.07, 6.45) is 0. The molecule has 0 aliphatic rings. The number of halogens is 2. The van der Waals surface area contributed by atoms with E-state index in [1.54, 1.807) is 0 Å². The van der Waals surface area contributed by atoms with Crippen molar-refractivity contribution < 1.29 is 18.4 Å². The number of nitrogens with one attached hydrogen (secondary N) is 2. The summed E-state index contributed by atoms with van der Waals surface area (Å²) in [5, 5.41) is 4.39. The van der Waals surface area contributed by atoms with E-state index in [-0.39, 0.29) is 6.54 Å². The first-order valence-corrected chi connectivity index (χ1v) is 4.69. The van der Waals surface area contributed by atoms with E-state index in [1.165, 1.54) is 7.05 Å². The monoisotopic (exact) mass is 243 g/mol. The molecule has 0 bridgehead atoms. The molecular weight excluding hydrogens is 232 g/mol. The number of likely N-dealkylation sites (N-methyl/N-ethyl adjacent to an activating group) is 1. The van der Waals surface area contributed by atoms with Crippen LogP contribution < -0.4 is 16.4 Å². The van der Waals surface area contributed by atoms with Gasteiger partial charge in [0.2, 0.25) is 5.91 Å². The van der Waals surface area contributed by atoms with E-state index in [4.69, 9.17) is 5.73 Å². The predicted molar refractivity (Wildman–Crippen MR) is 57.2 cm³/mol. The second-order valence-corrected chi connectivity index (χ2v) is 3.21. The Kier molecular flexibility index (Phi) is 3.97. The van der Waals surface area contributed by atoms with Gasteiger partial charge in [0.25, 0.3) is 5.91 Å². The fourth-order valence-electron chi connectivity index (χ4n) is 1.12. The lowest BCUT2D eigenvalue weighted by Gasteiger charge is -2.07. The Hall–Kier alpha value is -2.18. The van der Waals surface area contributed by atoms with Crippen LogP contribution in [0.1, 0.15) is 10.4 Å². The normalized spacial score (nSPS) is 9.82. The van der Waals surface area contributed by atoms with Crippen LogP contribution in [-0.2, 0) is 4.79 Å². The molecule has 2 amide bonds. The number of benzene rings is 1. The van der Waals surface area contributed by atoms with Gasteiger partial charge in [-0.1, -0.05) is 0 Å². The molecule has 1 aromatic rings. The molecule has 1 aromatic carbocycles. The van der Waals surface area contributed by atoms with Crippen LogP contribution in [0.25, 0.3) is 0 Å². The molecule has 1 rings (SSSR count). The van der Waals surface area contributed by atoms with Gasteiger partial charge < -0.3 is 16.4 Å². The van der Waals surface area contributed by atoms with E-state index in [1.807, 2.05) is 0 Å². The standard InChI is InChI=1S/C10H11F2N3O2/c1-14-8(16)4-15-10(17)6-2-5(11)3-7(13)9(6)12/h2-3H,4,13H2,1H3,(H,14,16)(H,15,17). The maximum Gasteiger partial charge on any atom is 0.254 e. The molecule has 17 heavy (non-hydrogen) atoms. The Morgan fingerprint density at radius 1 is 1.35 bits per heavy atom. The number of nitrogens with two attached hydrogens (primary N) is 1. The summed E-state index contributed by atoms with van der Waals surface area (Å²) in [4.78, 5) is 22.3. The molecule has 0 saturated heterocycles. The van der Waals surface area contributed by atoms with Gasteiger partial charge in [-0.2, -0.15) is 0 Å². The summed E-state index contributed by atoms with van der Waals surface area (Å²) < 4.78 is 26.3. The van der Waals surface area contributed by atoms with Crippen LogP contribution in [0.4, 0.5) is 14.5 Å². The Bertz CT molecular complexity index is 463. The van der Waals surface area contributed by atoms with Crippen LogP contribution in [0.5, 0.6) is 0 Å². The minimum absolute atomic E-state index is 0.328. The van der Waals surface area contributed by atoms with Crippen molar-refractivity contribution in [1.82, 2.24) is 10.6 Å². The zero-order chi connectivity index (χ0) is 13.0. The molecule has 0 aliphatic carbocycles. The summed E-state index contributed by atoms with van der Waals surface area (Å²) in [5.74, 6) is -3.20. The minimum atomic E-state index is -1.01. The van der Waals surface area contributed by atoms with Crippen LogP contribution in [0.15, 0.2) is 12.1 Å². The van der Waals surface area contributed by atoms with Crippen molar-refractivity contribution in [1.29, 1.82) is 0 Å². The highest BCUT2D eigenvalue weighted by Crippen LogP contribution is 2.17. The first kappa shape index (κ1) is 12.9. The number of carbonyl (C=O) groups excluding carboxylic acids is 2. The Morgan fingerprint density at radius 2 is 2.00 bits per heavy atom. The van der Waals surface area contributed by atoms with Gasteiger partial charge in [-0.15, -0.1) is 0 Å². The van der Waals surface area contributed by atoms with Crippen molar-refractivity contribution in [3.63, 3.8) is 0 Å². The third kappa shape index (κ3) is 3.13. The highest BCUT2D eigenvalue weighted by Gasteiger charge is 2.16. The van der Waals surface area contributed by atoms with Gasteiger partial charge >= 0.3 is 0 Å². The third-order valence-corrected chi connectivity index (χ3v) is 2.00. The summed E-state index contributed by atoms with van der Waals surface area (Å²) in [6.45, 7) is -0.328. The smallest absolute Gasteiger partial charge is 0.254 e. The average molecular weight is 243 g/mol. The van der Waals surface area contributed by atoms with Crippen molar-refractivity contribution in [2.24, 2.45) is 0 Å². The molecule has 4 N–H and O–H groups in total. The van der Waals surface area contributed by atoms with Gasteiger partial charge in [-0.05, 0) is 12.1 Å². The number of hydrogen-bond acceptors (Lipinski definition) is 3. The van der Waals surface area contributed by atoms with E-state index in [0.717, 1.165) is 6.07 Å². The Morgan fingerprint density at radius 3 is 2.59 bits per heavy atom. The molecule has 0 spiro atoms. The maximum absolute atomic E-state index is 13.4. The second kappa shape index (κ2) is 5.24. The van der Waals surface area contributed by atoms with Crippen molar-refractivity contribution in [3.8, 4) is 0 Å². The van der Waals surface area contributed by atoms with Gasteiger partial charge in [-0.25, -0.2) is 8.78 Å². The van der Waals surface area contributed by atoms with E-state index >= 15 is 0 Å². The van der Waals surface area contributed by atoms with Crippen molar-refractivity contribution in [2.75, 3.05) is 19.3 Å². The molecule has 0 aromatic heterocycles. The summed E-state index contributed by atoms with van der Waals surface area (Å²) in [5.41, 5.74) is 4.17. The van der Waals surface area contributed by atoms with Crippen molar-refractivity contribution in [2.45, 2.75) is 0 Å². The quantitative estimate of drug-likeness (QED) is 0.654. The fourth-order valence-corrected chi connectivity index (χ4v) is 1.12. The summed E-state index contributed by atoms with van der Waals surface area (Å²) in [7, 11) is 1.38. The number of rotatable bonds is 3. The number of nitrogen functional groups attached to an aromatic ring is 1. The number of amides is 2. The fraction of sp³-hybridized carbons (Fsp3) is 0.200. The zero-order valence-electron chi connectivity index (χ0n) is 9.01. The van der Waals surface area contributed by atoms with E-state index in [2.05, 4.69) is 10.6 Å². The van der Waals surface area contributed by atoms with Crippen LogP contribution in [0.3, 0.4) is 0 Å². The average Bonchev–Trinajstić information content (AvgIpc) is 2.30. The molecule has 7 heteroatoms. The Labute approximate surface area is 96.0 Å². The van der Waals surface area contributed by atoms with Crippen LogP contribution in [0, 0.1) is 11.6 Å². The topological polar surface area (TPSA) is 84.2 Å². The zero-order valence-corrected chi connectivity index (χ0v) is 9.01. The molecule has 0 unspecified atom stereocenters. The first-order chi connectivity index (χ1) is 7.95. The number of hydrogen-bond donors (Lipinski definition) is 3. The highest BCUT2D eigenvalue weighted by atomic mass is 19.1. The molecule has 0 heterocycles. The molecule has 0 fully saturated rings. The van der Waals surface area contributed by atoms with Crippen LogP contribution in [-0.4, -0.2) is 25.4 Å². The Balaban J connectivity index is 2.86. The van der Waals surface area contributed by atoms with E-state index < -0.39 is 34.7 Å². The van der Waals surface area contributed by atoms with Crippen molar-refractivity contribution in [3.05, 3.63) is 29.3 Å². The molecule has 0 saturated carbocycles. The van der Waals surface area contributed by atoms with Gasteiger partial charge in [0.15, 0.2) is 5.82 Å². The number of anilines is 1. The van der Waals surface area contributed by atoms with Gasteiger partial charge in [0.05, 0.1) is 17.8 Å². The van der Waals surface area contributed by atoms with Crippen molar-refractivity contribution >= 4 is 17.5 Å². The lowest BCUT2D eigenvalue weighted by molar-refractivity contribution is -0.119. The van der Waals surface area contributed by atoms with Gasteiger partial charge in [-0.3, -0.25) is 9.59 Å². The van der Waals surface area contributed by atoms with E-state index in [0.29, 0.717) is 6.07 Å². The predicted octanol–water partition coefficient (Wildman–Crippen LogP) is 0.0228. The molecule has 0 radical (unpaired) electrons. The summed E-state index contributed by atoms with van der Waals surface area (Å²) in [6, 6.07) is 1.48. The maximum atomic E-state index is 13.4. The van der Waals surface area contributed by atoms with E-state index in [9.17, 15) is 18.4 Å². The second-order valence-electron chi connectivity index (χ2n) is 3.21. The van der Waals surface area contributed by atoms with Crippen LogP contribution >= 0.6 is 0 Å². The first-order valence-electron chi connectivity index (χ1n) is 4.69. The molecular formula is C10H11F2N3O2. The van der Waals surface area contributed by atoms with Crippen LogP contribution in [0.2, 0.25) is 0 Å². The third-order valence-electron chi connectivity index (χ3n) is 2.00.